The highest BCUT2D eigenvalue weighted by atomic mass is 32.2. The van der Waals surface area contributed by atoms with Crippen LogP contribution in [0.3, 0.4) is 0 Å². The van der Waals surface area contributed by atoms with E-state index in [1.807, 2.05) is 35.9 Å². The van der Waals surface area contributed by atoms with Crippen LogP contribution >= 0.6 is 11.8 Å². The topological polar surface area (TPSA) is 29.9 Å². The molecule has 0 spiro atoms. The van der Waals surface area contributed by atoms with Gasteiger partial charge < -0.3 is 5.32 Å². The quantitative estimate of drug-likeness (QED) is 0.835. The summed E-state index contributed by atoms with van der Waals surface area (Å²) < 4.78 is 1.83. The largest absolute Gasteiger partial charge is 0.380 e. The van der Waals surface area contributed by atoms with Gasteiger partial charge in [0.15, 0.2) is 0 Å². The zero-order chi connectivity index (χ0) is 13.0. The molecule has 96 valence electrons. The summed E-state index contributed by atoms with van der Waals surface area (Å²) in [6, 6.07) is 8.44. The number of para-hydroxylation sites is 1. The second-order valence-electron chi connectivity index (χ2n) is 4.54. The molecule has 1 heterocycles. The van der Waals surface area contributed by atoms with Gasteiger partial charge in [-0.05, 0) is 12.1 Å². The average molecular weight is 261 g/mol. The van der Waals surface area contributed by atoms with Gasteiger partial charge in [-0.2, -0.15) is 5.10 Å². The van der Waals surface area contributed by atoms with Gasteiger partial charge in [0.2, 0.25) is 0 Å². The van der Waals surface area contributed by atoms with Crippen LogP contribution in [0.1, 0.15) is 19.4 Å². The Morgan fingerprint density at radius 2 is 2.11 bits per heavy atom. The number of anilines is 1. The normalized spacial score (nSPS) is 10.9. The molecule has 18 heavy (non-hydrogen) atoms. The van der Waals surface area contributed by atoms with Gasteiger partial charge >= 0.3 is 0 Å². The Balaban J connectivity index is 2.04. The smallest absolute Gasteiger partial charge is 0.0539 e. The van der Waals surface area contributed by atoms with Crippen LogP contribution in [0, 0.1) is 0 Å². The summed E-state index contributed by atoms with van der Waals surface area (Å²) in [6.07, 6.45) is 3.93. The van der Waals surface area contributed by atoms with Crippen LogP contribution in [0.5, 0.6) is 0 Å². The molecule has 0 saturated heterocycles. The zero-order valence-corrected chi connectivity index (χ0v) is 11.9. The van der Waals surface area contributed by atoms with E-state index in [9.17, 15) is 0 Å². The average Bonchev–Trinajstić information content (AvgIpc) is 2.73. The highest BCUT2D eigenvalue weighted by molar-refractivity contribution is 8.00. The SMILES string of the molecule is CC(C)Sc1ccccc1NCc1cnn(C)c1. The first-order valence-electron chi connectivity index (χ1n) is 6.12. The molecule has 0 unspecified atom stereocenters. The number of hydrogen-bond donors (Lipinski definition) is 1. The molecule has 1 N–H and O–H groups in total. The van der Waals surface area contributed by atoms with Gasteiger partial charge in [0.25, 0.3) is 0 Å². The Morgan fingerprint density at radius 1 is 1.33 bits per heavy atom. The number of rotatable bonds is 5. The van der Waals surface area contributed by atoms with Gasteiger partial charge in [-0.25, -0.2) is 0 Å². The van der Waals surface area contributed by atoms with E-state index in [1.165, 1.54) is 16.1 Å². The van der Waals surface area contributed by atoms with E-state index in [-0.39, 0.29) is 0 Å². The molecule has 0 atom stereocenters. The van der Waals surface area contributed by atoms with Gasteiger partial charge in [0, 0.05) is 41.2 Å². The number of nitrogens with zero attached hydrogens (tertiary/aromatic N) is 2. The lowest BCUT2D eigenvalue weighted by atomic mass is 10.3. The van der Waals surface area contributed by atoms with Crippen molar-refractivity contribution in [2.75, 3.05) is 5.32 Å². The second kappa shape index (κ2) is 5.96. The van der Waals surface area contributed by atoms with Gasteiger partial charge in [0.05, 0.1) is 6.20 Å². The Bertz CT molecular complexity index is 505. The molecule has 2 rings (SSSR count). The van der Waals surface area contributed by atoms with E-state index in [4.69, 9.17) is 0 Å². The molecule has 0 bridgehead atoms. The van der Waals surface area contributed by atoms with Gasteiger partial charge in [-0.3, -0.25) is 4.68 Å². The van der Waals surface area contributed by atoms with Crippen LogP contribution in [0.4, 0.5) is 5.69 Å². The maximum absolute atomic E-state index is 4.17. The van der Waals surface area contributed by atoms with Crippen LogP contribution in [-0.2, 0) is 13.6 Å². The molecule has 1 aromatic carbocycles. The summed E-state index contributed by atoms with van der Waals surface area (Å²) in [6.45, 7) is 5.23. The standard InChI is InChI=1S/C14H19N3S/c1-11(2)18-14-7-5-4-6-13(14)15-8-12-9-16-17(3)10-12/h4-7,9-11,15H,8H2,1-3H3. The molecule has 0 aliphatic heterocycles. The van der Waals surface area contributed by atoms with Crippen molar-refractivity contribution in [3.05, 3.63) is 42.2 Å². The third kappa shape index (κ3) is 3.53. The summed E-state index contributed by atoms with van der Waals surface area (Å²) in [4.78, 5) is 1.30. The van der Waals surface area contributed by atoms with Gasteiger partial charge in [0.1, 0.15) is 0 Å². The van der Waals surface area contributed by atoms with Crippen molar-refractivity contribution in [2.45, 2.75) is 30.5 Å². The van der Waals surface area contributed by atoms with Crippen molar-refractivity contribution in [1.82, 2.24) is 9.78 Å². The maximum atomic E-state index is 4.17. The van der Waals surface area contributed by atoms with Crippen molar-refractivity contribution in [3.63, 3.8) is 0 Å². The minimum atomic E-state index is 0.589. The van der Waals surface area contributed by atoms with Crippen molar-refractivity contribution in [1.29, 1.82) is 0 Å². The fourth-order valence-electron chi connectivity index (χ4n) is 1.73. The third-order valence-electron chi connectivity index (χ3n) is 2.49. The molecule has 0 aliphatic carbocycles. The lowest BCUT2D eigenvalue weighted by molar-refractivity contribution is 0.767. The molecular formula is C14H19N3S. The van der Waals surface area contributed by atoms with E-state index in [0.29, 0.717) is 5.25 Å². The first-order valence-corrected chi connectivity index (χ1v) is 7.00. The first-order chi connectivity index (χ1) is 8.65. The summed E-state index contributed by atoms with van der Waals surface area (Å²) in [7, 11) is 1.94. The lowest BCUT2D eigenvalue weighted by Gasteiger charge is -2.12. The minimum Gasteiger partial charge on any atom is -0.380 e. The van der Waals surface area contributed by atoms with Crippen molar-refractivity contribution in [2.24, 2.45) is 7.05 Å². The van der Waals surface area contributed by atoms with Crippen molar-refractivity contribution in [3.8, 4) is 0 Å². The third-order valence-corrected chi connectivity index (χ3v) is 3.57. The van der Waals surface area contributed by atoms with Crippen LogP contribution < -0.4 is 5.32 Å². The molecule has 0 fully saturated rings. The summed E-state index contributed by atoms with van der Waals surface area (Å²) in [5.74, 6) is 0. The van der Waals surface area contributed by atoms with Crippen LogP contribution in [-0.4, -0.2) is 15.0 Å². The summed E-state index contributed by atoms with van der Waals surface area (Å²) >= 11 is 1.88. The Morgan fingerprint density at radius 3 is 2.78 bits per heavy atom. The molecule has 2 aromatic rings. The number of nitrogens with one attached hydrogen (secondary N) is 1. The van der Waals surface area contributed by atoms with Crippen LogP contribution in [0.25, 0.3) is 0 Å². The predicted molar refractivity (Wildman–Crippen MR) is 78.0 cm³/mol. The van der Waals surface area contributed by atoms with Gasteiger partial charge in [-0.1, -0.05) is 26.0 Å². The number of aromatic nitrogens is 2. The maximum Gasteiger partial charge on any atom is 0.0539 e. The van der Waals surface area contributed by atoms with Crippen LogP contribution in [0.2, 0.25) is 0 Å². The Hall–Kier alpha value is -1.42. The monoisotopic (exact) mass is 261 g/mol. The summed E-state index contributed by atoms with van der Waals surface area (Å²) in [5.41, 5.74) is 2.39. The van der Waals surface area contributed by atoms with E-state index >= 15 is 0 Å². The van der Waals surface area contributed by atoms with Gasteiger partial charge in [-0.15, -0.1) is 11.8 Å². The molecule has 4 heteroatoms. The number of benzene rings is 1. The summed E-state index contributed by atoms with van der Waals surface area (Å²) in [5, 5.41) is 8.23. The van der Waals surface area contributed by atoms with Crippen molar-refractivity contribution < 1.29 is 0 Å². The fraction of sp³-hybridized carbons (Fsp3) is 0.357. The molecule has 0 aliphatic rings. The van der Waals surface area contributed by atoms with Crippen molar-refractivity contribution >= 4 is 17.4 Å². The van der Waals surface area contributed by atoms with E-state index < -0.39 is 0 Å². The fourth-order valence-corrected chi connectivity index (χ4v) is 2.66. The van der Waals surface area contributed by atoms with E-state index in [2.05, 4.69) is 48.5 Å². The number of hydrogen-bond acceptors (Lipinski definition) is 3. The second-order valence-corrected chi connectivity index (χ2v) is 6.16. The number of thioether (sulfide) groups is 1. The Labute approximate surface area is 113 Å². The molecular weight excluding hydrogens is 242 g/mol. The zero-order valence-electron chi connectivity index (χ0n) is 11.1. The highest BCUT2D eigenvalue weighted by Crippen LogP contribution is 2.30. The van der Waals surface area contributed by atoms with Crippen LogP contribution in [0.15, 0.2) is 41.6 Å². The highest BCUT2D eigenvalue weighted by Gasteiger charge is 2.04. The predicted octanol–water partition coefficient (Wildman–Crippen LogP) is 3.53. The molecule has 0 amide bonds. The molecule has 1 aromatic heterocycles. The minimum absolute atomic E-state index is 0.589. The molecule has 0 radical (unpaired) electrons. The van der Waals surface area contributed by atoms with E-state index in [1.54, 1.807) is 0 Å². The lowest BCUT2D eigenvalue weighted by Crippen LogP contribution is -2.00. The molecule has 3 nitrogen and oxygen atoms in total. The van der Waals surface area contributed by atoms with E-state index in [0.717, 1.165) is 6.54 Å². The first kappa shape index (κ1) is 13.0. The molecule has 0 saturated carbocycles. The number of aryl methyl sites for hydroxylation is 1. The Kier molecular flexibility index (Phi) is 4.31.